The summed E-state index contributed by atoms with van der Waals surface area (Å²) in [4.78, 5) is 0. The summed E-state index contributed by atoms with van der Waals surface area (Å²) in [6.07, 6.45) is 1.96. The van der Waals surface area contributed by atoms with Gasteiger partial charge in [-0.3, -0.25) is 0 Å². The number of ether oxygens (including phenoxy) is 2. The minimum Gasteiger partial charge on any atom is -0.379 e. The number of hydrogen-bond acceptors (Lipinski definition) is 2. The van der Waals surface area contributed by atoms with Gasteiger partial charge in [-0.05, 0) is 6.42 Å². The Morgan fingerprint density at radius 3 is 2.33 bits per heavy atom. The van der Waals surface area contributed by atoms with Crippen molar-refractivity contribution in [3.63, 3.8) is 0 Å². The molecular formula is C10H18O2. The highest BCUT2D eigenvalue weighted by atomic mass is 16.5. The summed E-state index contributed by atoms with van der Waals surface area (Å²) < 4.78 is 10.4. The van der Waals surface area contributed by atoms with Crippen LogP contribution in [-0.4, -0.2) is 26.4 Å². The Morgan fingerprint density at radius 1 is 0.917 bits per heavy atom. The quantitative estimate of drug-likeness (QED) is 0.447. The SMILES string of the molecule is CCC#CCOCCOCCC. The normalized spacial score (nSPS) is 9.17. The Kier molecular flexibility index (Phi) is 10.0. The average Bonchev–Trinajstić information content (AvgIpc) is 2.10. The van der Waals surface area contributed by atoms with E-state index in [-0.39, 0.29) is 0 Å². The van der Waals surface area contributed by atoms with Crippen LogP contribution in [0.4, 0.5) is 0 Å². The topological polar surface area (TPSA) is 18.5 Å². The molecule has 0 aromatic heterocycles. The molecule has 0 atom stereocenters. The Bertz CT molecular complexity index is 133. The molecule has 0 N–H and O–H groups in total. The maximum atomic E-state index is 5.22. The van der Waals surface area contributed by atoms with E-state index >= 15 is 0 Å². The van der Waals surface area contributed by atoms with Gasteiger partial charge < -0.3 is 9.47 Å². The second-order valence-electron chi connectivity index (χ2n) is 2.37. The van der Waals surface area contributed by atoms with E-state index < -0.39 is 0 Å². The van der Waals surface area contributed by atoms with E-state index in [9.17, 15) is 0 Å². The van der Waals surface area contributed by atoms with Crippen LogP contribution in [0, 0.1) is 11.8 Å². The Morgan fingerprint density at radius 2 is 1.67 bits per heavy atom. The van der Waals surface area contributed by atoms with Gasteiger partial charge in [-0.2, -0.15) is 0 Å². The van der Waals surface area contributed by atoms with E-state index in [2.05, 4.69) is 18.8 Å². The first kappa shape index (κ1) is 11.5. The van der Waals surface area contributed by atoms with Crippen molar-refractivity contribution in [2.45, 2.75) is 26.7 Å². The highest BCUT2D eigenvalue weighted by Gasteiger charge is 1.85. The lowest BCUT2D eigenvalue weighted by Crippen LogP contribution is -2.04. The lowest BCUT2D eigenvalue weighted by Gasteiger charge is -2.00. The van der Waals surface area contributed by atoms with Crippen LogP contribution in [0.2, 0.25) is 0 Å². The molecule has 70 valence electrons. The van der Waals surface area contributed by atoms with Crippen LogP contribution in [0.1, 0.15) is 26.7 Å². The van der Waals surface area contributed by atoms with Gasteiger partial charge in [0.15, 0.2) is 0 Å². The Balaban J connectivity index is 2.91. The molecule has 0 aliphatic rings. The summed E-state index contributed by atoms with van der Waals surface area (Å²) in [5, 5.41) is 0. The van der Waals surface area contributed by atoms with Gasteiger partial charge in [0.2, 0.25) is 0 Å². The molecule has 0 amide bonds. The van der Waals surface area contributed by atoms with Crippen molar-refractivity contribution in [1.82, 2.24) is 0 Å². The molecule has 2 nitrogen and oxygen atoms in total. The first-order chi connectivity index (χ1) is 5.91. The van der Waals surface area contributed by atoms with Gasteiger partial charge in [0.05, 0.1) is 13.2 Å². The van der Waals surface area contributed by atoms with E-state index in [0.29, 0.717) is 19.8 Å². The van der Waals surface area contributed by atoms with Crippen molar-refractivity contribution in [3.8, 4) is 11.8 Å². The van der Waals surface area contributed by atoms with Gasteiger partial charge in [0.1, 0.15) is 6.61 Å². The van der Waals surface area contributed by atoms with Crippen molar-refractivity contribution >= 4 is 0 Å². The maximum Gasteiger partial charge on any atom is 0.107 e. The molecule has 0 heterocycles. The molecule has 0 aliphatic carbocycles. The highest BCUT2D eigenvalue weighted by molar-refractivity contribution is 4.97. The molecule has 0 spiro atoms. The lowest BCUT2D eigenvalue weighted by atomic mass is 10.5. The van der Waals surface area contributed by atoms with Gasteiger partial charge in [-0.25, -0.2) is 0 Å². The largest absolute Gasteiger partial charge is 0.379 e. The third-order valence-corrected chi connectivity index (χ3v) is 1.20. The van der Waals surface area contributed by atoms with Crippen LogP contribution < -0.4 is 0 Å². The molecule has 0 bridgehead atoms. The number of hydrogen-bond donors (Lipinski definition) is 0. The molecule has 0 saturated carbocycles. The number of rotatable bonds is 6. The van der Waals surface area contributed by atoms with E-state index in [4.69, 9.17) is 9.47 Å². The molecule has 0 radical (unpaired) electrons. The standard InChI is InChI=1S/C10H18O2/c1-3-5-6-8-12-10-9-11-7-4-2/h3-4,7-10H2,1-2H3. The van der Waals surface area contributed by atoms with E-state index in [0.717, 1.165) is 19.4 Å². The molecule has 0 rings (SSSR count). The predicted octanol–water partition coefficient (Wildman–Crippen LogP) is 1.84. The van der Waals surface area contributed by atoms with Gasteiger partial charge in [0, 0.05) is 13.0 Å². The molecule has 0 aliphatic heterocycles. The molecule has 2 heteroatoms. The Hall–Kier alpha value is -0.520. The van der Waals surface area contributed by atoms with Crippen LogP contribution in [0.5, 0.6) is 0 Å². The van der Waals surface area contributed by atoms with Crippen molar-refractivity contribution < 1.29 is 9.47 Å². The lowest BCUT2D eigenvalue weighted by molar-refractivity contribution is 0.0604. The minimum atomic E-state index is 0.531. The van der Waals surface area contributed by atoms with Crippen LogP contribution in [0.25, 0.3) is 0 Å². The predicted molar refractivity (Wildman–Crippen MR) is 50.0 cm³/mol. The summed E-state index contributed by atoms with van der Waals surface area (Å²) in [6.45, 7) is 6.80. The fourth-order valence-electron chi connectivity index (χ4n) is 0.663. The van der Waals surface area contributed by atoms with E-state index in [1.165, 1.54) is 0 Å². The average molecular weight is 170 g/mol. The summed E-state index contributed by atoms with van der Waals surface area (Å²) in [5.74, 6) is 5.83. The van der Waals surface area contributed by atoms with Gasteiger partial charge in [0.25, 0.3) is 0 Å². The molecular weight excluding hydrogens is 152 g/mol. The zero-order valence-electron chi connectivity index (χ0n) is 8.06. The summed E-state index contributed by atoms with van der Waals surface area (Å²) in [6, 6.07) is 0. The molecule has 0 aromatic carbocycles. The molecule has 0 unspecified atom stereocenters. The van der Waals surface area contributed by atoms with Gasteiger partial charge in [-0.15, -0.1) is 5.92 Å². The maximum absolute atomic E-state index is 5.22. The Labute approximate surface area is 75.3 Å². The van der Waals surface area contributed by atoms with E-state index in [1.54, 1.807) is 0 Å². The van der Waals surface area contributed by atoms with Crippen molar-refractivity contribution in [2.24, 2.45) is 0 Å². The summed E-state index contributed by atoms with van der Waals surface area (Å²) in [7, 11) is 0. The molecule has 0 saturated heterocycles. The van der Waals surface area contributed by atoms with Gasteiger partial charge in [-0.1, -0.05) is 19.8 Å². The second kappa shape index (κ2) is 10.5. The first-order valence-electron chi connectivity index (χ1n) is 4.53. The van der Waals surface area contributed by atoms with Crippen LogP contribution >= 0.6 is 0 Å². The summed E-state index contributed by atoms with van der Waals surface area (Å²) >= 11 is 0. The van der Waals surface area contributed by atoms with Gasteiger partial charge >= 0.3 is 0 Å². The summed E-state index contributed by atoms with van der Waals surface area (Å²) in [5.41, 5.74) is 0. The second-order valence-corrected chi connectivity index (χ2v) is 2.37. The first-order valence-corrected chi connectivity index (χ1v) is 4.53. The smallest absolute Gasteiger partial charge is 0.107 e. The fourth-order valence-corrected chi connectivity index (χ4v) is 0.663. The third-order valence-electron chi connectivity index (χ3n) is 1.20. The zero-order chi connectivity index (χ0) is 9.07. The van der Waals surface area contributed by atoms with Crippen LogP contribution in [0.15, 0.2) is 0 Å². The van der Waals surface area contributed by atoms with Crippen molar-refractivity contribution in [2.75, 3.05) is 26.4 Å². The van der Waals surface area contributed by atoms with Crippen molar-refractivity contribution in [3.05, 3.63) is 0 Å². The third kappa shape index (κ3) is 9.48. The van der Waals surface area contributed by atoms with Crippen molar-refractivity contribution in [1.29, 1.82) is 0 Å². The highest BCUT2D eigenvalue weighted by Crippen LogP contribution is 1.81. The molecule has 0 aromatic rings. The van der Waals surface area contributed by atoms with Crippen LogP contribution in [0.3, 0.4) is 0 Å². The zero-order valence-corrected chi connectivity index (χ0v) is 8.06. The molecule has 0 fully saturated rings. The fraction of sp³-hybridized carbons (Fsp3) is 0.800. The van der Waals surface area contributed by atoms with Crippen LogP contribution in [-0.2, 0) is 9.47 Å². The minimum absolute atomic E-state index is 0.531. The molecule has 12 heavy (non-hydrogen) atoms. The monoisotopic (exact) mass is 170 g/mol. The van der Waals surface area contributed by atoms with E-state index in [1.807, 2.05) is 6.92 Å².